The summed E-state index contributed by atoms with van der Waals surface area (Å²) in [5.41, 5.74) is 6.26. The third-order valence-electron chi connectivity index (χ3n) is 4.32. The van der Waals surface area contributed by atoms with Gasteiger partial charge in [0.05, 0.1) is 6.21 Å². The van der Waals surface area contributed by atoms with Crippen molar-refractivity contribution in [1.29, 1.82) is 0 Å². The number of nitrogens with zero attached hydrogens (tertiary/aromatic N) is 1. The van der Waals surface area contributed by atoms with Crippen LogP contribution in [0, 0.1) is 13.8 Å². The van der Waals surface area contributed by atoms with Gasteiger partial charge in [-0.3, -0.25) is 4.79 Å². The molecule has 154 valence electrons. The first-order valence-electron chi connectivity index (χ1n) is 9.50. The number of amides is 1. The molecular weight excluding hydrogens is 444 g/mol. The molecule has 6 heteroatoms. The van der Waals surface area contributed by atoms with Gasteiger partial charge >= 0.3 is 0 Å². The second-order valence-electron chi connectivity index (χ2n) is 6.76. The Balaban J connectivity index is 1.54. The Labute approximate surface area is 184 Å². The molecular formula is C24H23BrN2O3. The standard InChI is InChI=1S/C24H23BrN2O3/c1-17-12-21(25)13-18(2)24(17)30-16-23(28)27-26-14-20-10-6-7-11-22(20)29-15-19-8-4-3-5-9-19/h3-14H,15-16H2,1-2H3,(H,27,28)/b26-14+. The molecule has 0 spiro atoms. The molecule has 0 heterocycles. The number of rotatable bonds is 8. The van der Waals surface area contributed by atoms with Gasteiger partial charge in [0.25, 0.3) is 5.91 Å². The van der Waals surface area contributed by atoms with Gasteiger partial charge in [-0.15, -0.1) is 0 Å². The Morgan fingerprint density at radius 2 is 1.67 bits per heavy atom. The van der Waals surface area contributed by atoms with E-state index in [1.54, 1.807) is 6.21 Å². The van der Waals surface area contributed by atoms with Gasteiger partial charge in [-0.2, -0.15) is 5.10 Å². The molecule has 0 aliphatic carbocycles. The maximum absolute atomic E-state index is 12.1. The molecule has 0 aliphatic rings. The molecule has 3 aromatic rings. The molecule has 0 aromatic heterocycles. The van der Waals surface area contributed by atoms with Gasteiger partial charge in [-0.1, -0.05) is 58.4 Å². The van der Waals surface area contributed by atoms with Crippen LogP contribution in [0.3, 0.4) is 0 Å². The molecule has 3 aromatic carbocycles. The molecule has 0 atom stereocenters. The summed E-state index contributed by atoms with van der Waals surface area (Å²) < 4.78 is 12.5. The molecule has 30 heavy (non-hydrogen) atoms. The minimum absolute atomic E-state index is 0.118. The molecule has 1 N–H and O–H groups in total. The van der Waals surface area contributed by atoms with Gasteiger partial charge in [0.15, 0.2) is 6.61 Å². The van der Waals surface area contributed by atoms with Crippen LogP contribution < -0.4 is 14.9 Å². The number of carbonyl (C=O) groups excluding carboxylic acids is 1. The predicted molar refractivity (Wildman–Crippen MR) is 122 cm³/mol. The zero-order chi connectivity index (χ0) is 21.3. The van der Waals surface area contributed by atoms with Crippen LogP contribution in [0.2, 0.25) is 0 Å². The lowest BCUT2D eigenvalue weighted by molar-refractivity contribution is -0.123. The number of aryl methyl sites for hydroxylation is 2. The maximum atomic E-state index is 12.1. The minimum Gasteiger partial charge on any atom is -0.488 e. The van der Waals surface area contributed by atoms with Crippen LogP contribution in [-0.4, -0.2) is 18.7 Å². The molecule has 0 unspecified atom stereocenters. The van der Waals surface area contributed by atoms with E-state index in [1.165, 1.54) is 0 Å². The van der Waals surface area contributed by atoms with E-state index in [4.69, 9.17) is 9.47 Å². The first-order chi connectivity index (χ1) is 14.5. The SMILES string of the molecule is Cc1cc(Br)cc(C)c1OCC(=O)N/N=C/c1ccccc1OCc1ccccc1. The van der Waals surface area contributed by atoms with Crippen LogP contribution >= 0.6 is 15.9 Å². The van der Waals surface area contributed by atoms with E-state index >= 15 is 0 Å². The predicted octanol–water partition coefficient (Wildman–Crippen LogP) is 5.17. The summed E-state index contributed by atoms with van der Waals surface area (Å²) in [5, 5.41) is 4.04. The molecule has 0 saturated carbocycles. The van der Waals surface area contributed by atoms with Crippen molar-refractivity contribution in [3.8, 4) is 11.5 Å². The number of hydrazone groups is 1. The van der Waals surface area contributed by atoms with Crippen molar-refractivity contribution in [1.82, 2.24) is 5.43 Å². The molecule has 0 fully saturated rings. The Hall–Kier alpha value is -3.12. The highest BCUT2D eigenvalue weighted by atomic mass is 79.9. The van der Waals surface area contributed by atoms with E-state index in [1.807, 2.05) is 80.6 Å². The summed E-state index contributed by atoms with van der Waals surface area (Å²) in [5.74, 6) is 1.06. The van der Waals surface area contributed by atoms with E-state index < -0.39 is 0 Å². The number of nitrogens with one attached hydrogen (secondary N) is 1. The molecule has 0 saturated heterocycles. The molecule has 3 rings (SSSR count). The Morgan fingerprint density at radius 3 is 2.40 bits per heavy atom. The van der Waals surface area contributed by atoms with Crippen molar-refractivity contribution in [3.05, 3.63) is 93.5 Å². The maximum Gasteiger partial charge on any atom is 0.277 e. The molecule has 0 radical (unpaired) electrons. The molecule has 5 nitrogen and oxygen atoms in total. The van der Waals surface area contributed by atoms with Crippen LogP contribution in [0.5, 0.6) is 11.5 Å². The lowest BCUT2D eigenvalue weighted by Gasteiger charge is -2.12. The summed E-state index contributed by atoms with van der Waals surface area (Å²) in [6.07, 6.45) is 1.56. The number of halogens is 1. The van der Waals surface area contributed by atoms with E-state index in [-0.39, 0.29) is 12.5 Å². The third kappa shape index (κ3) is 6.19. The number of hydrogen-bond acceptors (Lipinski definition) is 4. The largest absolute Gasteiger partial charge is 0.488 e. The van der Waals surface area contributed by atoms with E-state index in [0.717, 1.165) is 26.7 Å². The normalized spacial score (nSPS) is 10.8. The fraction of sp³-hybridized carbons (Fsp3) is 0.167. The van der Waals surface area contributed by atoms with Crippen molar-refractivity contribution < 1.29 is 14.3 Å². The summed E-state index contributed by atoms with van der Waals surface area (Å²) in [6, 6.07) is 21.4. The lowest BCUT2D eigenvalue weighted by Crippen LogP contribution is -2.25. The lowest BCUT2D eigenvalue weighted by atomic mass is 10.1. The summed E-state index contributed by atoms with van der Waals surface area (Å²) in [7, 11) is 0. The zero-order valence-corrected chi connectivity index (χ0v) is 18.5. The fourth-order valence-corrected chi connectivity index (χ4v) is 3.61. The smallest absolute Gasteiger partial charge is 0.277 e. The highest BCUT2D eigenvalue weighted by Crippen LogP contribution is 2.27. The van der Waals surface area contributed by atoms with Gasteiger partial charge in [0, 0.05) is 10.0 Å². The first kappa shape index (κ1) is 21.6. The Kier molecular flexibility index (Phi) is 7.63. The van der Waals surface area contributed by atoms with Crippen LogP contribution in [0.4, 0.5) is 0 Å². The van der Waals surface area contributed by atoms with Crippen molar-refractivity contribution in [3.63, 3.8) is 0 Å². The molecule has 0 bridgehead atoms. The highest BCUT2D eigenvalue weighted by Gasteiger charge is 2.08. The average molecular weight is 467 g/mol. The number of ether oxygens (including phenoxy) is 2. The van der Waals surface area contributed by atoms with Crippen LogP contribution in [0.1, 0.15) is 22.3 Å². The van der Waals surface area contributed by atoms with Crippen LogP contribution in [-0.2, 0) is 11.4 Å². The second-order valence-corrected chi connectivity index (χ2v) is 7.68. The minimum atomic E-state index is -0.337. The quantitative estimate of drug-likeness (QED) is 0.367. The topological polar surface area (TPSA) is 59.9 Å². The molecule has 1 amide bonds. The first-order valence-corrected chi connectivity index (χ1v) is 10.3. The van der Waals surface area contributed by atoms with Crippen LogP contribution in [0.25, 0.3) is 0 Å². The van der Waals surface area contributed by atoms with Gasteiger partial charge in [0.1, 0.15) is 18.1 Å². The zero-order valence-electron chi connectivity index (χ0n) is 16.9. The van der Waals surface area contributed by atoms with Crippen LogP contribution in [0.15, 0.2) is 76.3 Å². The third-order valence-corrected chi connectivity index (χ3v) is 4.78. The second kappa shape index (κ2) is 10.6. The number of hydrogen-bond donors (Lipinski definition) is 1. The molecule has 0 aliphatic heterocycles. The van der Waals surface area contributed by atoms with Crippen molar-refractivity contribution in [2.24, 2.45) is 5.10 Å². The average Bonchev–Trinajstić information content (AvgIpc) is 2.73. The highest BCUT2D eigenvalue weighted by molar-refractivity contribution is 9.10. The monoisotopic (exact) mass is 466 g/mol. The van der Waals surface area contributed by atoms with Gasteiger partial charge in [-0.05, 0) is 54.8 Å². The van der Waals surface area contributed by atoms with Gasteiger partial charge in [-0.25, -0.2) is 5.43 Å². The van der Waals surface area contributed by atoms with Gasteiger partial charge in [0.2, 0.25) is 0 Å². The van der Waals surface area contributed by atoms with E-state index in [9.17, 15) is 4.79 Å². The van der Waals surface area contributed by atoms with Crippen molar-refractivity contribution >= 4 is 28.1 Å². The summed E-state index contributed by atoms with van der Waals surface area (Å²) in [4.78, 5) is 12.1. The fourth-order valence-electron chi connectivity index (χ4n) is 2.92. The van der Waals surface area contributed by atoms with Crippen molar-refractivity contribution in [2.75, 3.05) is 6.61 Å². The van der Waals surface area contributed by atoms with Crippen molar-refractivity contribution in [2.45, 2.75) is 20.5 Å². The number of benzene rings is 3. The Morgan fingerprint density at radius 1 is 1.00 bits per heavy atom. The van der Waals surface area contributed by atoms with Gasteiger partial charge < -0.3 is 9.47 Å². The summed E-state index contributed by atoms with van der Waals surface area (Å²) >= 11 is 3.45. The van der Waals surface area contributed by atoms with E-state index in [0.29, 0.717) is 18.1 Å². The number of carbonyl (C=O) groups is 1. The Bertz CT molecular complexity index is 1010. The van der Waals surface area contributed by atoms with E-state index in [2.05, 4.69) is 26.5 Å². The summed E-state index contributed by atoms with van der Waals surface area (Å²) in [6.45, 7) is 4.22. The number of para-hydroxylation sites is 1.